The number of rotatable bonds is 2. The molecule has 1 aliphatic rings. The van der Waals surface area contributed by atoms with Crippen molar-refractivity contribution in [2.24, 2.45) is 0 Å². The molecular formula is C17H11NO4. The number of aliphatic hydroxyl groups excluding tert-OH is 1. The lowest BCUT2D eigenvalue weighted by atomic mass is 9.95. The van der Waals surface area contributed by atoms with Crippen LogP contribution >= 0.6 is 0 Å². The zero-order valence-corrected chi connectivity index (χ0v) is 11.4. The fraction of sp³-hybridized carbons (Fsp3) is 0.0588. The number of carboxylic acids is 1. The normalized spacial score (nSPS) is 16.6. The lowest BCUT2D eigenvalue weighted by Gasteiger charge is -2.07. The Morgan fingerprint density at radius 1 is 1.09 bits per heavy atom. The average Bonchev–Trinajstić information content (AvgIpc) is 3.09. The van der Waals surface area contributed by atoms with Gasteiger partial charge < -0.3 is 14.7 Å². The number of carbonyl (C=O) groups is 1. The molecule has 5 nitrogen and oxygen atoms in total. The molecule has 1 heterocycles. The van der Waals surface area contributed by atoms with Crippen molar-refractivity contribution in [1.82, 2.24) is 5.16 Å². The Bertz CT molecular complexity index is 939. The van der Waals surface area contributed by atoms with Gasteiger partial charge in [0.15, 0.2) is 11.3 Å². The minimum atomic E-state index is -1.14. The highest BCUT2D eigenvalue weighted by atomic mass is 16.5. The lowest BCUT2D eigenvalue weighted by molar-refractivity contribution is 0.0688. The number of nitrogens with zero attached hydrogens (tertiary/aromatic N) is 1. The zero-order valence-electron chi connectivity index (χ0n) is 11.4. The SMILES string of the molecule is O=C(O)c1noc2cccc(C3=CC(O)c4ccccc43)c12. The third-order valence-electron chi connectivity index (χ3n) is 3.89. The van der Waals surface area contributed by atoms with Crippen LogP contribution in [0.4, 0.5) is 0 Å². The van der Waals surface area contributed by atoms with Gasteiger partial charge in [0.2, 0.25) is 0 Å². The van der Waals surface area contributed by atoms with E-state index >= 15 is 0 Å². The second-order valence-electron chi connectivity index (χ2n) is 5.13. The van der Waals surface area contributed by atoms with Crippen LogP contribution in [0.3, 0.4) is 0 Å². The van der Waals surface area contributed by atoms with E-state index in [1.807, 2.05) is 30.3 Å². The zero-order chi connectivity index (χ0) is 15.3. The molecule has 0 fully saturated rings. The minimum absolute atomic E-state index is 0.120. The minimum Gasteiger partial charge on any atom is -0.476 e. The number of hydrogen-bond donors (Lipinski definition) is 2. The molecule has 0 bridgehead atoms. The molecule has 2 aromatic carbocycles. The van der Waals surface area contributed by atoms with Gasteiger partial charge in [0, 0.05) is 0 Å². The van der Waals surface area contributed by atoms with Crippen LogP contribution in [0.25, 0.3) is 16.5 Å². The molecule has 0 aliphatic heterocycles. The Labute approximate surface area is 125 Å². The van der Waals surface area contributed by atoms with Crippen LogP contribution in [-0.2, 0) is 0 Å². The van der Waals surface area contributed by atoms with E-state index in [0.717, 1.165) is 16.7 Å². The second kappa shape index (κ2) is 4.54. The number of benzene rings is 2. The Balaban J connectivity index is 2.02. The summed E-state index contributed by atoms with van der Waals surface area (Å²) in [4.78, 5) is 11.4. The van der Waals surface area contributed by atoms with Crippen molar-refractivity contribution >= 4 is 22.5 Å². The molecule has 0 amide bonds. The molecule has 1 aliphatic carbocycles. The summed E-state index contributed by atoms with van der Waals surface area (Å²) in [7, 11) is 0. The van der Waals surface area contributed by atoms with Crippen molar-refractivity contribution in [3.63, 3.8) is 0 Å². The van der Waals surface area contributed by atoms with Gasteiger partial charge in [-0.15, -0.1) is 0 Å². The Hall–Kier alpha value is -2.92. The highest BCUT2D eigenvalue weighted by Crippen LogP contribution is 2.41. The quantitative estimate of drug-likeness (QED) is 0.758. The Kier molecular flexibility index (Phi) is 2.64. The van der Waals surface area contributed by atoms with Crippen molar-refractivity contribution in [3.8, 4) is 0 Å². The molecular weight excluding hydrogens is 282 g/mol. The van der Waals surface area contributed by atoms with Crippen molar-refractivity contribution in [2.45, 2.75) is 6.10 Å². The topological polar surface area (TPSA) is 83.6 Å². The fourth-order valence-corrected chi connectivity index (χ4v) is 2.93. The number of aliphatic hydroxyl groups is 1. The molecule has 1 unspecified atom stereocenters. The van der Waals surface area contributed by atoms with Gasteiger partial charge in [-0.05, 0) is 34.4 Å². The molecule has 4 rings (SSSR count). The van der Waals surface area contributed by atoms with Gasteiger partial charge in [-0.2, -0.15) is 0 Å². The molecule has 22 heavy (non-hydrogen) atoms. The van der Waals surface area contributed by atoms with Crippen LogP contribution in [0.1, 0.15) is 33.3 Å². The van der Waals surface area contributed by atoms with E-state index in [1.165, 1.54) is 0 Å². The molecule has 108 valence electrons. The fourth-order valence-electron chi connectivity index (χ4n) is 2.93. The average molecular weight is 293 g/mol. The number of aromatic carboxylic acids is 1. The molecule has 1 atom stereocenters. The summed E-state index contributed by atoms with van der Waals surface area (Å²) >= 11 is 0. The summed E-state index contributed by atoms with van der Waals surface area (Å²) in [6, 6.07) is 12.8. The van der Waals surface area contributed by atoms with Gasteiger partial charge in [-0.1, -0.05) is 41.6 Å². The first-order valence-electron chi connectivity index (χ1n) is 6.78. The summed E-state index contributed by atoms with van der Waals surface area (Å²) in [6.07, 6.45) is 1.02. The van der Waals surface area contributed by atoms with Crippen molar-refractivity contribution in [2.75, 3.05) is 0 Å². The molecule has 0 radical (unpaired) electrons. The molecule has 2 N–H and O–H groups in total. The van der Waals surface area contributed by atoms with Crippen molar-refractivity contribution in [3.05, 3.63) is 70.9 Å². The molecule has 0 spiro atoms. The third-order valence-corrected chi connectivity index (χ3v) is 3.89. The maximum atomic E-state index is 11.4. The van der Waals surface area contributed by atoms with E-state index in [-0.39, 0.29) is 5.69 Å². The number of fused-ring (bicyclic) bond motifs is 2. The number of carboxylic acid groups (broad SMARTS) is 1. The van der Waals surface area contributed by atoms with Gasteiger partial charge in [-0.25, -0.2) is 4.79 Å². The summed E-state index contributed by atoms with van der Waals surface area (Å²) in [5.41, 5.74) is 3.47. The molecule has 0 saturated carbocycles. The lowest BCUT2D eigenvalue weighted by Crippen LogP contribution is -1.98. The molecule has 5 heteroatoms. The summed E-state index contributed by atoms with van der Waals surface area (Å²) in [5.74, 6) is -1.14. The molecule has 0 saturated heterocycles. The maximum absolute atomic E-state index is 11.4. The van der Waals surface area contributed by atoms with Gasteiger partial charge >= 0.3 is 5.97 Å². The third kappa shape index (κ3) is 1.69. The highest BCUT2D eigenvalue weighted by Gasteiger charge is 2.26. The highest BCUT2D eigenvalue weighted by molar-refractivity contribution is 6.07. The summed E-state index contributed by atoms with van der Waals surface area (Å²) < 4.78 is 5.10. The van der Waals surface area contributed by atoms with Gasteiger partial charge in [-0.3, -0.25) is 0 Å². The van der Waals surface area contributed by atoms with Crippen molar-refractivity contribution in [1.29, 1.82) is 0 Å². The Morgan fingerprint density at radius 2 is 1.86 bits per heavy atom. The first kappa shape index (κ1) is 12.8. The van der Waals surface area contributed by atoms with E-state index in [0.29, 0.717) is 16.5 Å². The first-order valence-corrected chi connectivity index (χ1v) is 6.78. The van der Waals surface area contributed by atoms with E-state index in [1.54, 1.807) is 18.2 Å². The predicted molar refractivity (Wildman–Crippen MR) is 79.4 cm³/mol. The van der Waals surface area contributed by atoms with Crippen LogP contribution in [0.5, 0.6) is 0 Å². The number of aromatic nitrogens is 1. The van der Waals surface area contributed by atoms with Crippen LogP contribution in [-0.4, -0.2) is 21.3 Å². The van der Waals surface area contributed by atoms with E-state index in [2.05, 4.69) is 5.16 Å². The van der Waals surface area contributed by atoms with Gasteiger partial charge in [0.05, 0.1) is 11.5 Å². The first-order chi connectivity index (χ1) is 10.7. The molecule has 3 aromatic rings. The Morgan fingerprint density at radius 3 is 2.68 bits per heavy atom. The standard InChI is InChI=1S/C17H11NO4/c19-13-8-12(9-4-1-2-5-10(9)13)11-6-3-7-14-15(11)16(17(20)21)18-22-14/h1-8,13,19H,(H,20,21). The van der Waals surface area contributed by atoms with Crippen molar-refractivity contribution < 1.29 is 19.5 Å². The maximum Gasteiger partial charge on any atom is 0.358 e. The molecule has 1 aromatic heterocycles. The van der Waals surface area contributed by atoms with E-state index in [4.69, 9.17) is 4.52 Å². The monoisotopic (exact) mass is 293 g/mol. The van der Waals surface area contributed by atoms with Gasteiger partial charge in [0.1, 0.15) is 0 Å². The van der Waals surface area contributed by atoms with Crippen LogP contribution in [0.15, 0.2) is 53.1 Å². The predicted octanol–water partition coefficient (Wildman–Crippen LogP) is 3.00. The van der Waals surface area contributed by atoms with Crippen LogP contribution < -0.4 is 0 Å². The van der Waals surface area contributed by atoms with Crippen LogP contribution in [0.2, 0.25) is 0 Å². The van der Waals surface area contributed by atoms with E-state index < -0.39 is 12.1 Å². The van der Waals surface area contributed by atoms with E-state index in [9.17, 15) is 15.0 Å². The van der Waals surface area contributed by atoms with Gasteiger partial charge in [0.25, 0.3) is 0 Å². The smallest absolute Gasteiger partial charge is 0.358 e. The number of hydrogen-bond acceptors (Lipinski definition) is 4. The summed E-state index contributed by atoms with van der Waals surface area (Å²) in [5, 5.41) is 23.6. The summed E-state index contributed by atoms with van der Waals surface area (Å²) in [6.45, 7) is 0. The second-order valence-corrected chi connectivity index (χ2v) is 5.13. The van der Waals surface area contributed by atoms with Crippen LogP contribution in [0, 0.1) is 0 Å². The largest absolute Gasteiger partial charge is 0.476 e.